The molecule has 1 amide bonds. The number of esters is 1. The molecule has 0 unspecified atom stereocenters. The van der Waals surface area contributed by atoms with Crippen LogP contribution in [0, 0.1) is 0 Å². The van der Waals surface area contributed by atoms with Crippen molar-refractivity contribution in [3.63, 3.8) is 0 Å². The van der Waals surface area contributed by atoms with E-state index in [1.807, 2.05) is 23.1 Å². The molecule has 8 nitrogen and oxygen atoms in total. The molecule has 148 valence electrons. The van der Waals surface area contributed by atoms with E-state index in [9.17, 15) is 9.59 Å². The van der Waals surface area contributed by atoms with E-state index in [4.69, 9.17) is 4.74 Å². The molecule has 0 aliphatic rings. The van der Waals surface area contributed by atoms with Gasteiger partial charge in [-0.1, -0.05) is 17.8 Å². The fourth-order valence-corrected chi connectivity index (χ4v) is 4.44. The maximum Gasteiger partial charge on any atom is 0.311 e. The van der Waals surface area contributed by atoms with Crippen LogP contribution in [0.25, 0.3) is 0 Å². The summed E-state index contributed by atoms with van der Waals surface area (Å²) in [6, 6.07) is 4.07. The SMILES string of the molecule is CCOC(=O)Cc1csc(NC(=O)CSc2nnc(Cc3cccs3)n2C)n1. The van der Waals surface area contributed by atoms with Crippen LogP contribution in [0.4, 0.5) is 5.13 Å². The molecule has 0 aliphatic carbocycles. The van der Waals surface area contributed by atoms with Crippen LogP contribution in [0.5, 0.6) is 0 Å². The standard InChI is InChI=1S/C17H19N5O3S3/c1-3-25-15(24)7-11-9-27-16(18-11)19-14(23)10-28-17-21-20-13(22(17)2)8-12-5-4-6-26-12/h4-6,9H,3,7-8,10H2,1-2H3,(H,18,19,23). The van der Waals surface area contributed by atoms with E-state index in [0.717, 1.165) is 12.2 Å². The van der Waals surface area contributed by atoms with Gasteiger partial charge in [-0.2, -0.15) is 0 Å². The van der Waals surface area contributed by atoms with Crippen molar-refractivity contribution in [2.24, 2.45) is 7.05 Å². The molecule has 0 aliphatic heterocycles. The number of hydrogen-bond donors (Lipinski definition) is 1. The molecule has 0 saturated heterocycles. The van der Waals surface area contributed by atoms with Gasteiger partial charge in [0.25, 0.3) is 0 Å². The van der Waals surface area contributed by atoms with Gasteiger partial charge in [-0.05, 0) is 18.4 Å². The van der Waals surface area contributed by atoms with Gasteiger partial charge in [-0.3, -0.25) is 9.59 Å². The first kappa shape index (κ1) is 20.5. The van der Waals surface area contributed by atoms with Gasteiger partial charge in [0, 0.05) is 23.7 Å². The molecule has 0 fully saturated rings. The lowest BCUT2D eigenvalue weighted by Gasteiger charge is -2.03. The number of ether oxygens (including phenoxy) is 1. The van der Waals surface area contributed by atoms with E-state index in [1.54, 1.807) is 23.6 Å². The maximum atomic E-state index is 12.2. The third kappa shape index (κ3) is 5.63. The molecule has 3 rings (SSSR count). The number of thiazole rings is 1. The number of hydrogen-bond acceptors (Lipinski definition) is 9. The van der Waals surface area contributed by atoms with Crippen LogP contribution < -0.4 is 5.32 Å². The smallest absolute Gasteiger partial charge is 0.311 e. The number of nitrogens with one attached hydrogen (secondary N) is 1. The Hall–Kier alpha value is -2.24. The highest BCUT2D eigenvalue weighted by Crippen LogP contribution is 2.20. The van der Waals surface area contributed by atoms with Gasteiger partial charge in [0.1, 0.15) is 5.82 Å². The van der Waals surface area contributed by atoms with Crippen LogP contribution >= 0.6 is 34.4 Å². The lowest BCUT2D eigenvalue weighted by Crippen LogP contribution is -2.14. The monoisotopic (exact) mass is 437 g/mol. The Morgan fingerprint density at radius 1 is 1.32 bits per heavy atom. The topological polar surface area (TPSA) is 99.0 Å². The highest BCUT2D eigenvalue weighted by molar-refractivity contribution is 7.99. The zero-order valence-corrected chi connectivity index (χ0v) is 17.8. The molecule has 3 aromatic rings. The van der Waals surface area contributed by atoms with Crippen molar-refractivity contribution in [3.8, 4) is 0 Å². The fourth-order valence-electron chi connectivity index (χ4n) is 2.28. The number of nitrogens with zero attached hydrogens (tertiary/aromatic N) is 4. The molecular weight excluding hydrogens is 418 g/mol. The Bertz CT molecular complexity index is 936. The van der Waals surface area contributed by atoms with Gasteiger partial charge < -0.3 is 14.6 Å². The summed E-state index contributed by atoms with van der Waals surface area (Å²) in [7, 11) is 1.89. The second-order valence-corrected chi connectivity index (χ2v) is 8.51. The van der Waals surface area contributed by atoms with Gasteiger partial charge in [0.15, 0.2) is 10.3 Å². The Kier molecular flexibility index (Phi) is 7.18. The van der Waals surface area contributed by atoms with Crippen molar-refractivity contribution in [2.75, 3.05) is 17.7 Å². The minimum Gasteiger partial charge on any atom is -0.466 e. The van der Waals surface area contributed by atoms with Crippen LogP contribution in [-0.2, 0) is 34.2 Å². The zero-order chi connectivity index (χ0) is 19.9. The summed E-state index contributed by atoms with van der Waals surface area (Å²) in [4.78, 5) is 29.1. The molecule has 0 atom stereocenters. The molecular formula is C17H19N5O3S3. The van der Waals surface area contributed by atoms with Gasteiger partial charge >= 0.3 is 5.97 Å². The number of thioether (sulfide) groups is 1. The second kappa shape index (κ2) is 9.80. The molecule has 0 saturated carbocycles. The third-order valence-electron chi connectivity index (χ3n) is 3.60. The fraction of sp³-hybridized carbons (Fsp3) is 0.353. The number of anilines is 1. The first-order valence-electron chi connectivity index (χ1n) is 8.48. The molecule has 0 bridgehead atoms. The molecule has 11 heteroatoms. The van der Waals surface area contributed by atoms with E-state index in [-0.39, 0.29) is 24.1 Å². The average molecular weight is 438 g/mol. The summed E-state index contributed by atoms with van der Waals surface area (Å²) >= 11 is 4.27. The minimum absolute atomic E-state index is 0.0981. The van der Waals surface area contributed by atoms with Gasteiger partial charge in [-0.15, -0.1) is 32.9 Å². The zero-order valence-electron chi connectivity index (χ0n) is 15.4. The first-order valence-corrected chi connectivity index (χ1v) is 11.2. The molecule has 3 heterocycles. The lowest BCUT2D eigenvalue weighted by molar-refractivity contribution is -0.142. The van der Waals surface area contributed by atoms with Crippen molar-refractivity contribution in [2.45, 2.75) is 24.9 Å². The molecule has 0 spiro atoms. The Morgan fingerprint density at radius 2 is 2.18 bits per heavy atom. The van der Waals surface area contributed by atoms with E-state index in [0.29, 0.717) is 22.6 Å². The summed E-state index contributed by atoms with van der Waals surface area (Å²) in [5.41, 5.74) is 0.581. The van der Waals surface area contributed by atoms with Crippen LogP contribution in [0.15, 0.2) is 28.0 Å². The Morgan fingerprint density at radius 3 is 2.93 bits per heavy atom. The molecule has 3 aromatic heterocycles. The predicted molar refractivity (Wildman–Crippen MR) is 110 cm³/mol. The third-order valence-corrected chi connectivity index (χ3v) is 6.30. The summed E-state index contributed by atoms with van der Waals surface area (Å²) in [5, 5.41) is 16.0. The second-order valence-electron chi connectivity index (χ2n) is 5.68. The number of amides is 1. The van der Waals surface area contributed by atoms with Gasteiger partial charge in [0.2, 0.25) is 5.91 Å². The normalized spacial score (nSPS) is 10.8. The largest absolute Gasteiger partial charge is 0.466 e. The van der Waals surface area contributed by atoms with Crippen LogP contribution in [0.2, 0.25) is 0 Å². The molecule has 1 N–H and O–H groups in total. The number of thiophene rings is 1. The van der Waals surface area contributed by atoms with E-state index >= 15 is 0 Å². The molecule has 28 heavy (non-hydrogen) atoms. The molecule has 0 aromatic carbocycles. The van der Waals surface area contributed by atoms with Crippen LogP contribution in [0.3, 0.4) is 0 Å². The van der Waals surface area contributed by atoms with E-state index < -0.39 is 0 Å². The number of carbonyl (C=O) groups is 2. The van der Waals surface area contributed by atoms with Crippen molar-refractivity contribution in [3.05, 3.63) is 39.3 Å². The summed E-state index contributed by atoms with van der Waals surface area (Å²) < 4.78 is 6.79. The molecule has 0 radical (unpaired) electrons. The maximum absolute atomic E-state index is 12.2. The Balaban J connectivity index is 1.49. The van der Waals surface area contributed by atoms with Crippen LogP contribution in [0.1, 0.15) is 23.3 Å². The highest BCUT2D eigenvalue weighted by Gasteiger charge is 2.14. The van der Waals surface area contributed by atoms with Crippen molar-refractivity contribution >= 4 is 51.4 Å². The number of carbonyl (C=O) groups excluding carboxylic acids is 2. The summed E-state index contributed by atoms with van der Waals surface area (Å²) in [6.45, 7) is 2.09. The van der Waals surface area contributed by atoms with Gasteiger partial charge in [-0.25, -0.2) is 4.98 Å². The lowest BCUT2D eigenvalue weighted by atomic mass is 10.3. The first-order chi connectivity index (χ1) is 13.5. The number of aromatic nitrogens is 4. The van der Waals surface area contributed by atoms with Crippen molar-refractivity contribution in [1.82, 2.24) is 19.7 Å². The van der Waals surface area contributed by atoms with E-state index in [1.165, 1.54) is 28.0 Å². The van der Waals surface area contributed by atoms with E-state index in [2.05, 4.69) is 26.6 Å². The van der Waals surface area contributed by atoms with Gasteiger partial charge in [0.05, 0.1) is 24.5 Å². The van der Waals surface area contributed by atoms with Crippen molar-refractivity contribution < 1.29 is 14.3 Å². The summed E-state index contributed by atoms with van der Waals surface area (Å²) in [5.74, 6) is 0.526. The quantitative estimate of drug-likeness (QED) is 0.406. The number of rotatable bonds is 9. The van der Waals surface area contributed by atoms with Crippen LogP contribution in [-0.4, -0.2) is 44.0 Å². The summed E-state index contributed by atoms with van der Waals surface area (Å²) in [6.07, 6.45) is 0.817. The van der Waals surface area contributed by atoms with Crippen molar-refractivity contribution in [1.29, 1.82) is 0 Å². The average Bonchev–Trinajstić information content (AvgIpc) is 3.38. The predicted octanol–water partition coefficient (Wildman–Crippen LogP) is 2.76. The highest BCUT2D eigenvalue weighted by atomic mass is 32.2. The Labute approximate surface area is 174 Å². The minimum atomic E-state index is -0.332.